The summed E-state index contributed by atoms with van der Waals surface area (Å²) in [5, 5.41) is 11.5. The van der Waals surface area contributed by atoms with Crippen molar-refractivity contribution in [2.75, 3.05) is 13.6 Å². The quantitative estimate of drug-likeness (QED) is 0.863. The van der Waals surface area contributed by atoms with Gasteiger partial charge in [-0.25, -0.2) is 0 Å². The summed E-state index contributed by atoms with van der Waals surface area (Å²) in [5.74, 6) is -0.800. The number of nitrogens with one attached hydrogen (secondary N) is 1. The molecule has 2 atom stereocenters. The van der Waals surface area contributed by atoms with Gasteiger partial charge in [-0.1, -0.05) is 13.8 Å². The molecule has 1 aromatic rings. The third kappa shape index (κ3) is 4.63. The van der Waals surface area contributed by atoms with Gasteiger partial charge in [0, 0.05) is 13.6 Å². The lowest BCUT2D eigenvalue weighted by molar-refractivity contribution is -0.133. The summed E-state index contributed by atoms with van der Waals surface area (Å²) in [5.41, 5.74) is 0. The molecule has 0 aliphatic rings. The SMILES string of the molecule is CC(C)[C@H](NC(=O)c1ccco1)C(=O)N(C)C[C@@H](C)C#N. The van der Waals surface area contributed by atoms with E-state index in [-0.39, 0.29) is 23.5 Å². The van der Waals surface area contributed by atoms with Gasteiger partial charge in [0.15, 0.2) is 5.76 Å². The molecule has 0 unspecified atom stereocenters. The molecule has 1 heterocycles. The Kier molecular flexibility index (Phi) is 5.97. The summed E-state index contributed by atoms with van der Waals surface area (Å²) >= 11 is 0. The molecular weight excluding hydrogens is 270 g/mol. The minimum atomic E-state index is -0.654. The Morgan fingerprint density at radius 1 is 1.43 bits per heavy atom. The molecule has 114 valence electrons. The molecule has 0 aliphatic carbocycles. The molecule has 0 fully saturated rings. The first-order chi connectivity index (χ1) is 9.86. The van der Waals surface area contributed by atoms with Crippen LogP contribution in [0.2, 0.25) is 0 Å². The second-order valence-corrected chi connectivity index (χ2v) is 5.42. The number of furan rings is 1. The fourth-order valence-electron chi connectivity index (χ4n) is 1.91. The highest BCUT2D eigenvalue weighted by atomic mass is 16.3. The molecule has 0 saturated carbocycles. The van der Waals surface area contributed by atoms with Crippen molar-refractivity contribution in [3.8, 4) is 6.07 Å². The smallest absolute Gasteiger partial charge is 0.287 e. The Hall–Kier alpha value is -2.29. The molecule has 0 spiro atoms. The van der Waals surface area contributed by atoms with E-state index in [9.17, 15) is 9.59 Å². The fraction of sp³-hybridized carbons (Fsp3) is 0.533. The predicted octanol–water partition coefficient (Wildman–Crippen LogP) is 1.65. The van der Waals surface area contributed by atoms with Crippen molar-refractivity contribution in [2.45, 2.75) is 26.8 Å². The molecule has 1 aromatic heterocycles. The van der Waals surface area contributed by atoms with Gasteiger partial charge < -0.3 is 14.6 Å². The largest absolute Gasteiger partial charge is 0.459 e. The molecule has 0 bridgehead atoms. The summed E-state index contributed by atoms with van der Waals surface area (Å²) in [6.45, 7) is 5.78. The number of rotatable bonds is 6. The van der Waals surface area contributed by atoms with Gasteiger partial charge >= 0.3 is 0 Å². The maximum absolute atomic E-state index is 12.4. The first kappa shape index (κ1) is 16.8. The normalized spacial score (nSPS) is 13.3. The Morgan fingerprint density at radius 2 is 2.10 bits per heavy atom. The van der Waals surface area contributed by atoms with Crippen molar-refractivity contribution in [1.29, 1.82) is 5.26 Å². The zero-order valence-corrected chi connectivity index (χ0v) is 12.8. The van der Waals surface area contributed by atoms with Crippen molar-refractivity contribution >= 4 is 11.8 Å². The van der Waals surface area contributed by atoms with Crippen molar-refractivity contribution in [3.63, 3.8) is 0 Å². The number of likely N-dealkylation sites (N-methyl/N-ethyl adjacent to an activating group) is 1. The van der Waals surface area contributed by atoms with Crippen LogP contribution in [0.25, 0.3) is 0 Å². The Labute approximate surface area is 124 Å². The van der Waals surface area contributed by atoms with Gasteiger partial charge in [-0.15, -0.1) is 0 Å². The molecule has 0 aromatic carbocycles. The second kappa shape index (κ2) is 7.48. The van der Waals surface area contributed by atoms with Crippen molar-refractivity contribution in [1.82, 2.24) is 10.2 Å². The van der Waals surface area contributed by atoms with Gasteiger partial charge in [0.05, 0.1) is 18.3 Å². The van der Waals surface area contributed by atoms with Crippen LogP contribution in [-0.4, -0.2) is 36.3 Å². The summed E-state index contributed by atoms with van der Waals surface area (Å²) < 4.78 is 5.02. The Balaban J connectivity index is 2.75. The zero-order chi connectivity index (χ0) is 16.0. The molecule has 1 N–H and O–H groups in total. The molecule has 0 aliphatic heterocycles. The monoisotopic (exact) mass is 291 g/mol. The van der Waals surface area contributed by atoms with Crippen LogP contribution in [0, 0.1) is 23.2 Å². The summed E-state index contributed by atoms with van der Waals surface area (Å²) in [7, 11) is 1.63. The van der Waals surface area contributed by atoms with Gasteiger partial charge in [-0.2, -0.15) is 5.26 Å². The molecule has 1 rings (SSSR count). The van der Waals surface area contributed by atoms with Gasteiger partial charge in [-0.3, -0.25) is 9.59 Å². The molecule has 21 heavy (non-hydrogen) atoms. The Morgan fingerprint density at radius 3 is 2.57 bits per heavy atom. The number of carbonyl (C=O) groups is 2. The van der Waals surface area contributed by atoms with Crippen LogP contribution in [0.1, 0.15) is 31.3 Å². The lowest BCUT2D eigenvalue weighted by atomic mass is 10.0. The van der Waals surface area contributed by atoms with E-state index < -0.39 is 11.9 Å². The van der Waals surface area contributed by atoms with Gasteiger partial charge in [0.2, 0.25) is 5.91 Å². The molecular formula is C15H21N3O3. The van der Waals surface area contributed by atoms with E-state index in [2.05, 4.69) is 11.4 Å². The minimum Gasteiger partial charge on any atom is -0.459 e. The van der Waals surface area contributed by atoms with Crippen LogP contribution >= 0.6 is 0 Å². The fourth-order valence-corrected chi connectivity index (χ4v) is 1.91. The third-order valence-corrected chi connectivity index (χ3v) is 3.11. The summed E-state index contributed by atoms with van der Waals surface area (Å²) in [6.07, 6.45) is 1.40. The van der Waals surface area contributed by atoms with Gasteiger partial charge in [0.1, 0.15) is 6.04 Å². The van der Waals surface area contributed by atoms with E-state index >= 15 is 0 Å². The number of nitrogens with zero attached hydrogens (tertiary/aromatic N) is 2. The van der Waals surface area contributed by atoms with Gasteiger partial charge in [0.25, 0.3) is 5.91 Å². The first-order valence-electron chi connectivity index (χ1n) is 6.85. The van der Waals surface area contributed by atoms with Crippen molar-refractivity contribution in [2.24, 2.45) is 11.8 Å². The van der Waals surface area contributed by atoms with E-state index in [1.807, 2.05) is 13.8 Å². The number of carbonyl (C=O) groups excluding carboxylic acids is 2. The molecule has 0 radical (unpaired) electrons. The molecule has 6 heteroatoms. The summed E-state index contributed by atoms with van der Waals surface area (Å²) in [6, 6.07) is 4.58. The first-order valence-corrected chi connectivity index (χ1v) is 6.85. The summed E-state index contributed by atoms with van der Waals surface area (Å²) in [4.78, 5) is 25.9. The second-order valence-electron chi connectivity index (χ2n) is 5.42. The van der Waals surface area contributed by atoms with E-state index in [1.54, 1.807) is 26.1 Å². The van der Waals surface area contributed by atoms with Crippen LogP contribution in [0.5, 0.6) is 0 Å². The van der Waals surface area contributed by atoms with E-state index in [0.717, 1.165) is 0 Å². The molecule has 6 nitrogen and oxygen atoms in total. The van der Waals surface area contributed by atoms with Crippen molar-refractivity contribution in [3.05, 3.63) is 24.2 Å². The van der Waals surface area contributed by atoms with Crippen LogP contribution in [-0.2, 0) is 4.79 Å². The number of nitriles is 1. The third-order valence-electron chi connectivity index (χ3n) is 3.11. The average Bonchev–Trinajstić information content (AvgIpc) is 2.97. The number of hydrogen-bond donors (Lipinski definition) is 1. The maximum Gasteiger partial charge on any atom is 0.287 e. The highest BCUT2D eigenvalue weighted by molar-refractivity contribution is 5.95. The molecule has 2 amide bonds. The highest BCUT2D eigenvalue weighted by Gasteiger charge is 2.28. The zero-order valence-electron chi connectivity index (χ0n) is 12.8. The minimum absolute atomic E-state index is 0.0729. The lowest BCUT2D eigenvalue weighted by Crippen LogP contribution is -2.50. The van der Waals surface area contributed by atoms with Crippen molar-refractivity contribution < 1.29 is 14.0 Å². The highest BCUT2D eigenvalue weighted by Crippen LogP contribution is 2.09. The topological polar surface area (TPSA) is 86.3 Å². The lowest BCUT2D eigenvalue weighted by Gasteiger charge is -2.27. The van der Waals surface area contributed by atoms with Crippen LogP contribution < -0.4 is 5.32 Å². The number of hydrogen-bond acceptors (Lipinski definition) is 4. The van der Waals surface area contributed by atoms with E-state index in [4.69, 9.17) is 9.68 Å². The molecule has 0 saturated heterocycles. The predicted molar refractivity (Wildman–Crippen MR) is 77.2 cm³/mol. The maximum atomic E-state index is 12.4. The van der Waals surface area contributed by atoms with Gasteiger partial charge in [-0.05, 0) is 25.0 Å². The van der Waals surface area contributed by atoms with Crippen LogP contribution in [0.3, 0.4) is 0 Å². The average molecular weight is 291 g/mol. The standard InChI is InChI=1S/C15H21N3O3/c1-10(2)13(15(20)18(4)9-11(3)8-16)17-14(19)12-6-5-7-21-12/h5-7,10-11,13H,9H2,1-4H3,(H,17,19)/t11-,13-/m0/s1. The van der Waals surface area contributed by atoms with Crippen LogP contribution in [0.15, 0.2) is 22.8 Å². The van der Waals surface area contributed by atoms with E-state index in [1.165, 1.54) is 11.2 Å². The number of amides is 2. The Bertz CT molecular complexity index is 517. The van der Waals surface area contributed by atoms with Crippen LogP contribution in [0.4, 0.5) is 0 Å². The van der Waals surface area contributed by atoms with E-state index in [0.29, 0.717) is 6.54 Å².